The normalized spacial score (nSPS) is 10.9. The van der Waals surface area contributed by atoms with Gasteiger partial charge in [0.1, 0.15) is 11.5 Å². The van der Waals surface area contributed by atoms with Gasteiger partial charge in [-0.3, -0.25) is 4.68 Å². The van der Waals surface area contributed by atoms with Crippen molar-refractivity contribution < 1.29 is 8.91 Å². The van der Waals surface area contributed by atoms with Crippen LogP contribution in [0.15, 0.2) is 35.0 Å². The van der Waals surface area contributed by atoms with E-state index in [1.807, 2.05) is 20.2 Å². The predicted molar refractivity (Wildman–Crippen MR) is 73.2 cm³/mol. The van der Waals surface area contributed by atoms with Gasteiger partial charge in [0.15, 0.2) is 0 Å². The highest BCUT2D eigenvalue weighted by Crippen LogP contribution is 2.37. The van der Waals surface area contributed by atoms with E-state index in [9.17, 15) is 4.39 Å². The lowest BCUT2D eigenvalue weighted by Gasteiger charge is -2.02. The second-order valence-electron chi connectivity index (χ2n) is 4.58. The molecule has 102 valence electrons. The molecule has 0 bridgehead atoms. The zero-order chi connectivity index (χ0) is 14.3. The fourth-order valence-corrected chi connectivity index (χ4v) is 2.24. The van der Waals surface area contributed by atoms with Gasteiger partial charge in [0.2, 0.25) is 5.88 Å². The Morgan fingerprint density at radius 2 is 2.15 bits per heavy atom. The second kappa shape index (κ2) is 4.48. The van der Waals surface area contributed by atoms with Crippen molar-refractivity contribution >= 4 is 5.88 Å². The van der Waals surface area contributed by atoms with E-state index in [0.717, 1.165) is 11.3 Å². The van der Waals surface area contributed by atoms with Crippen LogP contribution in [-0.2, 0) is 7.05 Å². The highest BCUT2D eigenvalue weighted by Gasteiger charge is 2.20. The molecule has 0 aliphatic rings. The molecule has 3 rings (SSSR count). The van der Waals surface area contributed by atoms with E-state index < -0.39 is 0 Å². The molecule has 20 heavy (non-hydrogen) atoms. The number of anilines is 1. The van der Waals surface area contributed by atoms with Gasteiger partial charge in [-0.2, -0.15) is 5.10 Å². The van der Waals surface area contributed by atoms with Crippen LogP contribution in [0.4, 0.5) is 10.3 Å². The number of aryl methyl sites for hydroxylation is 2. The third-order valence-corrected chi connectivity index (χ3v) is 3.10. The van der Waals surface area contributed by atoms with E-state index >= 15 is 0 Å². The summed E-state index contributed by atoms with van der Waals surface area (Å²) in [6.45, 7) is 1.87. The summed E-state index contributed by atoms with van der Waals surface area (Å²) in [5.41, 5.74) is 9.23. The van der Waals surface area contributed by atoms with Crippen LogP contribution >= 0.6 is 0 Å². The van der Waals surface area contributed by atoms with Gasteiger partial charge in [0.05, 0.1) is 11.3 Å². The first-order valence-electron chi connectivity index (χ1n) is 6.08. The van der Waals surface area contributed by atoms with Gasteiger partial charge in [0.25, 0.3) is 0 Å². The van der Waals surface area contributed by atoms with E-state index in [-0.39, 0.29) is 11.7 Å². The molecule has 6 heteroatoms. The summed E-state index contributed by atoms with van der Waals surface area (Å²) in [6, 6.07) is 6.17. The molecule has 0 spiro atoms. The quantitative estimate of drug-likeness (QED) is 0.778. The maximum Gasteiger partial charge on any atom is 0.230 e. The molecule has 0 atom stereocenters. The molecule has 0 amide bonds. The number of hydrogen-bond acceptors (Lipinski definition) is 4. The molecule has 2 heterocycles. The molecule has 0 fully saturated rings. The Labute approximate surface area is 114 Å². The Morgan fingerprint density at radius 1 is 1.35 bits per heavy atom. The van der Waals surface area contributed by atoms with Crippen LogP contribution in [0.2, 0.25) is 0 Å². The number of hydrogen-bond donors (Lipinski definition) is 1. The zero-order valence-electron chi connectivity index (χ0n) is 11.1. The van der Waals surface area contributed by atoms with Crippen LogP contribution in [0, 0.1) is 12.7 Å². The van der Waals surface area contributed by atoms with Crippen molar-refractivity contribution in [3.63, 3.8) is 0 Å². The fraction of sp³-hybridized carbons (Fsp3) is 0.143. The van der Waals surface area contributed by atoms with Gasteiger partial charge in [-0.25, -0.2) is 4.39 Å². The minimum atomic E-state index is -0.336. The summed E-state index contributed by atoms with van der Waals surface area (Å²) in [4.78, 5) is 0. The minimum absolute atomic E-state index is 0.161. The van der Waals surface area contributed by atoms with E-state index in [1.54, 1.807) is 16.8 Å². The molecule has 0 unspecified atom stereocenters. The summed E-state index contributed by atoms with van der Waals surface area (Å²) < 4.78 is 20.2. The van der Waals surface area contributed by atoms with Crippen LogP contribution in [0.1, 0.15) is 5.69 Å². The van der Waals surface area contributed by atoms with Crippen molar-refractivity contribution in [2.45, 2.75) is 6.92 Å². The van der Waals surface area contributed by atoms with Gasteiger partial charge in [-0.15, -0.1) is 0 Å². The van der Waals surface area contributed by atoms with Crippen LogP contribution in [0.5, 0.6) is 0 Å². The Morgan fingerprint density at radius 3 is 2.80 bits per heavy atom. The third-order valence-electron chi connectivity index (χ3n) is 3.10. The molecular weight excluding hydrogens is 259 g/mol. The van der Waals surface area contributed by atoms with Crippen molar-refractivity contribution in [3.05, 3.63) is 42.0 Å². The number of halogens is 1. The SMILES string of the molecule is Cc1nn(C)cc1-c1noc(N)c1-c1cccc(F)c1. The van der Waals surface area contributed by atoms with Gasteiger partial charge in [-0.05, 0) is 24.6 Å². The Bertz CT molecular complexity index is 775. The highest BCUT2D eigenvalue weighted by atomic mass is 19.1. The highest BCUT2D eigenvalue weighted by molar-refractivity contribution is 5.87. The van der Waals surface area contributed by atoms with Crippen molar-refractivity contribution in [3.8, 4) is 22.4 Å². The third kappa shape index (κ3) is 1.95. The lowest BCUT2D eigenvalue weighted by Crippen LogP contribution is -1.89. The van der Waals surface area contributed by atoms with Crippen molar-refractivity contribution in [2.75, 3.05) is 5.73 Å². The van der Waals surface area contributed by atoms with Gasteiger partial charge in [-0.1, -0.05) is 17.3 Å². The molecular formula is C14H13FN4O. The number of nitrogens with two attached hydrogens (primary N) is 1. The number of aromatic nitrogens is 3. The van der Waals surface area contributed by atoms with E-state index in [1.165, 1.54) is 12.1 Å². The molecule has 1 aromatic carbocycles. The van der Waals surface area contributed by atoms with Crippen molar-refractivity contribution in [1.29, 1.82) is 0 Å². The Hall–Kier alpha value is -2.63. The molecule has 0 aliphatic carbocycles. The number of nitrogens with zero attached hydrogens (tertiary/aromatic N) is 3. The van der Waals surface area contributed by atoms with Gasteiger partial charge in [0, 0.05) is 18.8 Å². The molecule has 0 aliphatic heterocycles. The minimum Gasteiger partial charge on any atom is -0.367 e. The van der Waals surface area contributed by atoms with Crippen molar-refractivity contribution in [2.24, 2.45) is 7.05 Å². The van der Waals surface area contributed by atoms with Crippen LogP contribution in [0.25, 0.3) is 22.4 Å². The average molecular weight is 272 g/mol. The van der Waals surface area contributed by atoms with Crippen LogP contribution in [-0.4, -0.2) is 14.9 Å². The summed E-state index contributed by atoms with van der Waals surface area (Å²) in [6.07, 6.45) is 1.83. The zero-order valence-corrected chi connectivity index (χ0v) is 11.1. The van der Waals surface area contributed by atoms with Crippen LogP contribution < -0.4 is 5.73 Å². The number of rotatable bonds is 2. The molecule has 2 N–H and O–H groups in total. The standard InChI is InChI=1S/C14H13FN4O/c1-8-11(7-19(2)17-8)13-12(14(16)20-18-13)9-4-3-5-10(15)6-9/h3-7H,16H2,1-2H3. The van der Waals surface area contributed by atoms with Gasteiger partial charge >= 0.3 is 0 Å². The smallest absolute Gasteiger partial charge is 0.230 e. The maximum atomic E-state index is 13.4. The lowest BCUT2D eigenvalue weighted by molar-refractivity contribution is 0.439. The molecule has 3 aromatic rings. The fourth-order valence-electron chi connectivity index (χ4n) is 2.24. The first-order chi connectivity index (χ1) is 9.56. The Kier molecular flexibility index (Phi) is 2.78. The molecule has 0 radical (unpaired) electrons. The second-order valence-corrected chi connectivity index (χ2v) is 4.58. The average Bonchev–Trinajstić information content (AvgIpc) is 2.92. The van der Waals surface area contributed by atoms with Crippen molar-refractivity contribution in [1.82, 2.24) is 14.9 Å². The number of nitrogen functional groups attached to an aromatic ring is 1. The molecule has 2 aromatic heterocycles. The monoisotopic (exact) mass is 272 g/mol. The van der Waals surface area contributed by atoms with E-state index in [2.05, 4.69) is 10.3 Å². The molecule has 5 nitrogen and oxygen atoms in total. The maximum absolute atomic E-state index is 13.4. The van der Waals surface area contributed by atoms with Crippen LogP contribution in [0.3, 0.4) is 0 Å². The number of benzene rings is 1. The largest absolute Gasteiger partial charge is 0.367 e. The molecule has 0 saturated heterocycles. The summed E-state index contributed by atoms with van der Waals surface area (Å²) in [5.74, 6) is -0.175. The summed E-state index contributed by atoms with van der Waals surface area (Å²) >= 11 is 0. The Balaban J connectivity index is 2.22. The first kappa shape index (κ1) is 12.4. The van der Waals surface area contributed by atoms with E-state index in [0.29, 0.717) is 16.8 Å². The summed E-state index contributed by atoms with van der Waals surface area (Å²) in [7, 11) is 1.82. The topological polar surface area (TPSA) is 69.9 Å². The predicted octanol–water partition coefficient (Wildman–Crippen LogP) is 2.77. The lowest BCUT2D eigenvalue weighted by atomic mass is 10.0. The molecule has 0 saturated carbocycles. The van der Waals surface area contributed by atoms with E-state index in [4.69, 9.17) is 10.3 Å². The summed E-state index contributed by atoms with van der Waals surface area (Å²) in [5, 5.41) is 8.26. The first-order valence-corrected chi connectivity index (χ1v) is 6.08. The van der Waals surface area contributed by atoms with Gasteiger partial charge < -0.3 is 10.3 Å².